The highest BCUT2D eigenvalue weighted by Gasteiger charge is 2.20. The summed E-state index contributed by atoms with van der Waals surface area (Å²) in [6, 6.07) is 13.5. The van der Waals surface area contributed by atoms with E-state index in [0.717, 1.165) is 33.8 Å². The van der Waals surface area contributed by atoms with Gasteiger partial charge >= 0.3 is 0 Å². The largest absolute Gasteiger partial charge is 0.497 e. The van der Waals surface area contributed by atoms with E-state index in [1.165, 1.54) is 23.1 Å². The van der Waals surface area contributed by atoms with Gasteiger partial charge in [-0.1, -0.05) is 29.5 Å². The maximum atomic E-state index is 12.4. The third-order valence-electron chi connectivity index (χ3n) is 4.73. The number of hydrogen-bond acceptors (Lipinski definition) is 8. The molecule has 0 saturated heterocycles. The molecule has 0 bridgehead atoms. The topological polar surface area (TPSA) is 81.4 Å². The van der Waals surface area contributed by atoms with Gasteiger partial charge in [-0.15, -0.1) is 21.5 Å². The zero-order chi connectivity index (χ0) is 22.7. The van der Waals surface area contributed by atoms with Gasteiger partial charge in [0.2, 0.25) is 11.8 Å². The Morgan fingerprint density at radius 1 is 1.16 bits per heavy atom. The first-order valence-electron chi connectivity index (χ1n) is 9.87. The zero-order valence-electron chi connectivity index (χ0n) is 18.2. The summed E-state index contributed by atoms with van der Waals surface area (Å²) in [6.07, 6.45) is 0. The molecule has 0 fully saturated rings. The number of methoxy groups -OCH3 is 1. The van der Waals surface area contributed by atoms with E-state index < -0.39 is 0 Å². The van der Waals surface area contributed by atoms with Crippen LogP contribution < -0.4 is 9.64 Å². The number of benzene rings is 2. The fraction of sp³-hybridized carbons (Fsp3) is 0.217. The van der Waals surface area contributed by atoms with Crippen LogP contribution in [-0.2, 0) is 10.5 Å². The summed E-state index contributed by atoms with van der Waals surface area (Å²) in [5.41, 5.74) is 4.70. The summed E-state index contributed by atoms with van der Waals surface area (Å²) in [6.45, 7) is 5.58. The van der Waals surface area contributed by atoms with Crippen molar-refractivity contribution in [2.75, 3.05) is 12.0 Å². The number of anilines is 2. The van der Waals surface area contributed by atoms with Crippen molar-refractivity contribution < 1.29 is 13.9 Å². The summed E-state index contributed by atoms with van der Waals surface area (Å²) in [5, 5.41) is 11.3. The second-order valence-corrected chi connectivity index (χ2v) is 8.92. The Morgan fingerprint density at radius 3 is 2.62 bits per heavy atom. The van der Waals surface area contributed by atoms with E-state index in [4.69, 9.17) is 9.15 Å². The van der Waals surface area contributed by atoms with E-state index in [-0.39, 0.29) is 5.91 Å². The van der Waals surface area contributed by atoms with Crippen molar-refractivity contribution in [1.29, 1.82) is 0 Å². The lowest BCUT2D eigenvalue weighted by Crippen LogP contribution is -2.23. The maximum absolute atomic E-state index is 12.4. The normalized spacial score (nSPS) is 10.9. The van der Waals surface area contributed by atoms with Gasteiger partial charge in [-0.25, -0.2) is 4.98 Å². The van der Waals surface area contributed by atoms with Crippen molar-refractivity contribution >= 4 is 39.8 Å². The average Bonchev–Trinajstić information content (AvgIpc) is 3.44. The maximum Gasteiger partial charge on any atom is 0.277 e. The molecule has 0 aliphatic heterocycles. The van der Waals surface area contributed by atoms with Gasteiger partial charge in [0.1, 0.15) is 5.75 Å². The first kappa shape index (κ1) is 22.0. The summed E-state index contributed by atoms with van der Waals surface area (Å²) in [5.74, 6) is 1.69. The van der Waals surface area contributed by atoms with Crippen molar-refractivity contribution in [2.24, 2.45) is 0 Å². The minimum Gasteiger partial charge on any atom is -0.497 e. The van der Waals surface area contributed by atoms with Gasteiger partial charge in [0.05, 0.1) is 18.5 Å². The molecule has 1 amide bonds. The second-order valence-electron chi connectivity index (χ2n) is 7.16. The van der Waals surface area contributed by atoms with Gasteiger partial charge in [0.15, 0.2) is 5.13 Å². The molecule has 2 aromatic carbocycles. The summed E-state index contributed by atoms with van der Waals surface area (Å²) < 4.78 is 10.9. The van der Waals surface area contributed by atoms with Crippen LogP contribution >= 0.6 is 23.1 Å². The molecule has 4 aromatic rings. The molecule has 0 unspecified atom stereocenters. The van der Waals surface area contributed by atoms with Crippen LogP contribution in [0.15, 0.2) is 57.5 Å². The third kappa shape index (κ3) is 4.84. The van der Waals surface area contributed by atoms with Crippen molar-refractivity contribution in [2.45, 2.75) is 31.7 Å². The molecule has 0 atom stereocenters. The number of nitrogens with zero attached hydrogens (tertiary/aromatic N) is 4. The number of aromatic nitrogens is 3. The smallest absolute Gasteiger partial charge is 0.277 e. The number of ether oxygens (including phenoxy) is 1. The highest BCUT2D eigenvalue weighted by molar-refractivity contribution is 7.98. The molecule has 0 aliphatic rings. The van der Waals surface area contributed by atoms with Gasteiger partial charge in [0.25, 0.3) is 5.22 Å². The molecule has 32 heavy (non-hydrogen) atoms. The standard InChI is InChI=1S/C23H22N4O3S2/c1-14-5-10-20(15(2)11-14)27(16(3)28)22-24-18(12-31-22)13-32-23-26-25-21(30-23)17-6-8-19(29-4)9-7-17/h5-12H,13H2,1-4H3. The predicted octanol–water partition coefficient (Wildman–Crippen LogP) is 5.80. The molecular weight excluding hydrogens is 444 g/mol. The minimum absolute atomic E-state index is 0.0773. The van der Waals surface area contributed by atoms with E-state index in [2.05, 4.69) is 21.2 Å². The molecule has 0 aliphatic carbocycles. The lowest BCUT2D eigenvalue weighted by atomic mass is 10.1. The zero-order valence-corrected chi connectivity index (χ0v) is 19.8. The molecular formula is C23H22N4O3S2. The predicted molar refractivity (Wildman–Crippen MR) is 127 cm³/mol. The quantitative estimate of drug-likeness (QED) is 0.319. The molecule has 9 heteroatoms. The van der Waals surface area contributed by atoms with Gasteiger partial charge in [-0.2, -0.15) is 0 Å². The number of rotatable bonds is 7. The van der Waals surface area contributed by atoms with Crippen LogP contribution in [0.2, 0.25) is 0 Å². The number of thioether (sulfide) groups is 1. The highest BCUT2D eigenvalue weighted by atomic mass is 32.2. The van der Waals surface area contributed by atoms with E-state index >= 15 is 0 Å². The molecule has 2 heterocycles. The number of aryl methyl sites for hydroxylation is 2. The van der Waals surface area contributed by atoms with Crippen LogP contribution in [0.1, 0.15) is 23.7 Å². The molecule has 0 saturated carbocycles. The van der Waals surface area contributed by atoms with Crippen LogP contribution in [0.25, 0.3) is 11.5 Å². The Morgan fingerprint density at radius 2 is 1.94 bits per heavy atom. The third-order valence-corrected chi connectivity index (χ3v) is 6.45. The highest BCUT2D eigenvalue weighted by Crippen LogP contribution is 2.33. The van der Waals surface area contributed by atoms with Gasteiger partial charge in [-0.3, -0.25) is 9.69 Å². The second kappa shape index (κ2) is 9.54. The number of thiazole rings is 1. The molecule has 7 nitrogen and oxygen atoms in total. The van der Waals surface area contributed by atoms with Crippen LogP contribution in [0.4, 0.5) is 10.8 Å². The number of carbonyl (C=O) groups is 1. The molecule has 2 aromatic heterocycles. The van der Waals surface area contributed by atoms with Crippen LogP contribution in [0, 0.1) is 13.8 Å². The van der Waals surface area contributed by atoms with Crippen molar-refractivity contribution in [1.82, 2.24) is 15.2 Å². The fourth-order valence-corrected chi connectivity index (χ4v) is 4.82. The fourth-order valence-electron chi connectivity index (χ4n) is 3.18. The number of hydrogen-bond donors (Lipinski definition) is 0. The van der Waals surface area contributed by atoms with E-state index in [0.29, 0.717) is 22.0 Å². The SMILES string of the molecule is COc1ccc(-c2nnc(SCc3csc(N(C(C)=O)c4ccc(C)cc4C)n3)o2)cc1. The summed E-state index contributed by atoms with van der Waals surface area (Å²) in [7, 11) is 1.62. The van der Waals surface area contributed by atoms with Gasteiger partial charge in [-0.05, 0) is 49.7 Å². The number of carbonyl (C=O) groups excluding carboxylic acids is 1. The monoisotopic (exact) mass is 466 g/mol. The van der Waals surface area contributed by atoms with Crippen molar-refractivity contribution in [3.63, 3.8) is 0 Å². The minimum atomic E-state index is -0.0773. The van der Waals surface area contributed by atoms with Crippen molar-refractivity contribution in [3.8, 4) is 17.2 Å². The van der Waals surface area contributed by atoms with E-state index in [1.54, 1.807) is 18.9 Å². The van der Waals surface area contributed by atoms with Gasteiger partial charge in [0, 0.05) is 23.6 Å². The average molecular weight is 467 g/mol. The van der Waals surface area contributed by atoms with Crippen LogP contribution in [0.3, 0.4) is 0 Å². The molecule has 4 rings (SSSR count). The van der Waals surface area contributed by atoms with E-state index in [1.807, 2.05) is 55.6 Å². The van der Waals surface area contributed by atoms with Crippen molar-refractivity contribution in [3.05, 3.63) is 64.7 Å². The summed E-state index contributed by atoms with van der Waals surface area (Å²) in [4.78, 5) is 18.7. The van der Waals surface area contributed by atoms with E-state index in [9.17, 15) is 4.79 Å². The number of amides is 1. The Labute approximate surface area is 194 Å². The van der Waals surface area contributed by atoms with Crippen LogP contribution in [-0.4, -0.2) is 28.2 Å². The Balaban J connectivity index is 1.46. The summed E-state index contributed by atoms with van der Waals surface area (Å²) >= 11 is 2.84. The molecule has 0 radical (unpaired) electrons. The lowest BCUT2D eigenvalue weighted by molar-refractivity contribution is -0.115. The van der Waals surface area contributed by atoms with Crippen LogP contribution in [0.5, 0.6) is 5.75 Å². The Bertz CT molecular complexity index is 1230. The molecule has 164 valence electrons. The molecule has 0 spiro atoms. The lowest BCUT2D eigenvalue weighted by Gasteiger charge is -2.20. The Kier molecular flexibility index (Phi) is 6.57. The van der Waals surface area contributed by atoms with Gasteiger partial charge < -0.3 is 9.15 Å². The molecule has 0 N–H and O–H groups in total. The first-order valence-corrected chi connectivity index (χ1v) is 11.7. The first-order chi connectivity index (χ1) is 15.4. The Hall–Kier alpha value is -3.17.